The summed E-state index contributed by atoms with van der Waals surface area (Å²) in [5, 5.41) is 11.2. The minimum absolute atomic E-state index is 0.519. The van der Waals surface area contributed by atoms with Gasteiger partial charge < -0.3 is 4.74 Å². The van der Waals surface area contributed by atoms with Gasteiger partial charge in [0.15, 0.2) is 0 Å². The second kappa shape index (κ2) is 3.80. The third kappa shape index (κ3) is 1.58. The van der Waals surface area contributed by atoms with Gasteiger partial charge >= 0.3 is 0 Å². The maximum absolute atomic E-state index is 8.86. The van der Waals surface area contributed by atoms with Gasteiger partial charge in [0.05, 0.1) is 5.57 Å². The lowest BCUT2D eigenvalue weighted by molar-refractivity contribution is 0.480. The van der Waals surface area contributed by atoms with Gasteiger partial charge in [0.25, 0.3) is 0 Å². The van der Waals surface area contributed by atoms with Gasteiger partial charge in [0, 0.05) is 5.56 Å². The van der Waals surface area contributed by atoms with E-state index >= 15 is 0 Å². The molecule has 0 saturated carbocycles. The summed E-state index contributed by atoms with van der Waals surface area (Å²) < 4.78 is 5.51. The highest BCUT2D eigenvalue weighted by atomic mass is 16.5. The van der Waals surface area contributed by atoms with Crippen LogP contribution in [0.1, 0.15) is 5.56 Å². The van der Waals surface area contributed by atoms with Crippen molar-refractivity contribution in [3.8, 4) is 11.8 Å². The zero-order valence-electron chi connectivity index (χ0n) is 9.05. The molecule has 0 spiro atoms. The van der Waals surface area contributed by atoms with Crippen LogP contribution >= 0.6 is 0 Å². The molecule has 80 valence electrons. The van der Waals surface area contributed by atoms with Gasteiger partial charge in [-0.3, -0.25) is 0 Å². The van der Waals surface area contributed by atoms with Gasteiger partial charge in [-0.1, -0.05) is 30.3 Å². The highest BCUT2D eigenvalue weighted by Crippen LogP contribution is 2.31. The number of nitriles is 1. The van der Waals surface area contributed by atoms with Crippen LogP contribution in [0.15, 0.2) is 54.3 Å². The number of nitrogens with zero attached hydrogens (tertiary/aromatic N) is 1. The number of hydrogen-bond acceptors (Lipinski definition) is 2. The first-order valence-electron chi connectivity index (χ1n) is 5.35. The first-order valence-corrected chi connectivity index (χ1v) is 5.35. The van der Waals surface area contributed by atoms with Crippen LogP contribution in [0.3, 0.4) is 0 Å². The van der Waals surface area contributed by atoms with E-state index < -0.39 is 0 Å². The predicted molar refractivity (Wildman–Crippen MR) is 67.3 cm³/mol. The average Bonchev–Trinajstić information content (AvgIpc) is 2.60. The molecule has 0 unspecified atom stereocenters. The molecule has 0 bridgehead atoms. The van der Waals surface area contributed by atoms with Crippen molar-refractivity contribution >= 4 is 16.8 Å². The molecule has 2 aromatic rings. The van der Waals surface area contributed by atoms with Crippen molar-refractivity contribution in [2.24, 2.45) is 0 Å². The van der Waals surface area contributed by atoms with E-state index in [1.165, 1.54) is 11.6 Å². The topological polar surface area (TPSA) is 33.0 Å². The minimum atomic E-state index is 0.519. The van der Waals surface area contributed by atoms with Crippen LogP contribution < -0.4 is 4.74 Å². The highest BCUT2D eigenvalue weighted by Gasteiger charge is 2.08. The second-order valence-electron chi connectivity index (χ2n) is 3.83. The SMILES string of the molecule is N#CC1=COc2ccc3ccccc3c2C=C1. The van der Waals surface area contributed by atoms with Crippen LogP contribution in [0.25, 0.3) is 16.8 Å². The summed E-state index contributed by atoms with van der Waals surface area (Å²) in [5.74, 6) is 0.783. The van der Waals surface area contributed by atoms with Gasteiger partial charge in [-0.25, -0.2) is 0 Å². The number of allylic oxidation sites excluding steroid dienone is 2. The average molecular weight is 219 g/mol. The Morgan fingerprint density at radius 1 is 1.00 bits per heavy atom. The van der Waals surface area contributed by atoms with E-state index in [4.69, 9.17) is 10.00 Å². The van der Waals surface area contributed by atoms with Gasteiger partial charge in [-0.05, 0) is 29.0 Å². The van der Waals surface area contributed by atoms with Crippen molar-refractivity contribution in [3.05, 3.63) is 59.9 Å². The zero-order valence-corrected chi connectivity index (χ0v) is 9.05. The molecular formula is C15H9NO. The molecule has 0 aromatic heterocycles. The predicted octanol–water partition coefficient (Wildman–Crippen LogP) is 3.65. The molecule has 0 fully saturated rings. The van der Waals surface area contributed by atoms with E-state index in [9.17, 15) is 0 Å². The molecule has 1 aliphatic rings. The van der Waals surface area contributed by atoms with E-state index in [1.54, 1.807) is 6.08 Å². The van der Waals surface area contributed by atoms with Crippen molar-refractivity contribution in [2.45, 2.75) is 0 Å². The van der Waals surface area contributed by atoms with Crippen LogP contribution in [0, 0.1) is 11.3 Å². The summed E-state index contributed by atoms with van der Waals surface area (Å²) in [4.78, 5) is 0. The summed E-state index contributed by atoms with van der Waals surface area (Å²) in [6, 6.07) is 14.2. The summed E-state index contributed by atoms with van der Waals surface area (Å²) in [6.07, 6.45) is 5.19. The largest absolute Gasteiger partial charge is 0.463 e. The van der Waals surface area contributed by atoms with Crippen molar-refractivity contribution in [2.75, 3.05) is 0 Å². The molecule has 1 heterocycles. The standard InChI is InChI=1S/C15H9NO/c16-9-11-5-7-14-13-4-2-1-3-12(13)6-8-15(14)17-10-11/h1-8,10H. The first-order chi connectivity index (χ1) is 8.38. The van der Waals surface area contributed by atoms with Crippen LogP contribution in [0.4, 0.5) is 0 Å². The fourth-order valence-electron chi connectivity index (χ4n) is 1.95. The smallest absolute Gasteiger partial charge is 0.134 e. The molecule has 0 amide bonds. The van der Waals surface area contributed by atoms with Crippen molar-refractivity contribution in [1.29, 1.82) is 5.26 Å². The fraction of sp³-hybridized carbons (Fsp3) is 0. The van der Waals surface area contributed by atoms with Gasteiger partial charge in [0.2, 0.25) is 0 Å². The molecule has 17 heavy (non-hydrogen) atoms. The molecule has 2 aromatic carbocycles. The van der Waals surface area contributed by atoms with E-state index in [-0.39, 0.29) is 0 Å². The number of hydrogen-bond donors (Lipinski definition) is 0. The summed E-state index contributed by atoms with van der Waals surface area (Å²) in [5.41, 5.74) is 1.54. The molecule has 0 saturated heterocycles. The normalized spacial score (nSPS) is 13.2. The third-order valence-electron chi connectivity index (χ3n) is 2.80. The molecule has 0 atom stereocenters. The summed E-state index contributed by atoms with van der Waals surface area (Å²) >= 11 is 0. The quantitative estimate of drug-likeness (QED) is 0.677. The molecule has 1 aliphatic heterocycles. The Labute approximate surface area is 99.1 Å². The van der Waals surface area contributed by atoms with Crippen LogP contribution in [-0.2, 0) is 0 Å². The van der Waals surface area contributed by atoms with Crippen LogP contribution in [0.2, 0.25) is 0 Å². The lowest BCUT2D eigenvalue weighted by atomic mass is 10.0. The van der Waals surface area contributed by atoms with Gasteiger partial charge in [-0.15, -0.1) is 0 Å². The van der Waals surface area contributed by atoms with E-state index in [1.807, 2.05) is 30.3 Å². The lowest BCUT2D eigenvalue weighted by Gasteiger charge is -2.07. The Hall–Kier alpha value is -2.53. The number of benzene rings is 2. The van der Waals surface area contributed by atoms with E-state index in [0.717, 1.165) is 16.7 Å². The monoisotopic (exact) mass is 219 g/mol. The van der Waals surface area contributed by atoms with Crippen molar-refractivity contribution < 1.29 is 4.74 Å². The van der Waals surface area contributed by atoms with E-state index in [2.05, 4.69) is 18.2 Å². The molecular weight excluding hydrogens is 210 g/mol. The maximum atomic E-state index is 8.86. The Kier molecular flexibility index (Phi) is 2.16. The maximum Gasteiger partial charge on any atom is 0.134 e. The Morgan fingerprint density at radius 2 is 1.88 bits per heavy atom. The summed E-state index contributed by atoms with van der Waals surface area (Å²) in [7, 11) is 0. The van der Waals surface area contributed by atoms with Crippen molar-refractivity contribution in [3.63, 3.8) is 0 Å². The Morgan fingerprint density at radius 3 is 2.76 bits per heavy atom. The zero-order chi connectivity index (χ0) is 11.7. The first kappa shape index (κ1) is 9.68. The third-order valence-corrected chi connectivity index (χ3v) is 2.80. The molecule has 3 rings (SSSR count). The molecule has 2 nitrogen and oxygen atoms in total. The Bertz CT molecular complexity index is 690. The van der Waals surface area contributed by atoms with Crippen LogP contribution in [0.5, 0.6) is 5.75 Å². The molecule has 2 heteroatoms. The second-order valence-corrected chi connectivity index (χ2v) is 3.83. The van der Waals surface area contributed by atoms with Crippen LogP contribution in [-0.4, -0.2) is 0 Å². The number of ether oxygens (including phenoxy) is 1. The number of rotatable bonds is 0. The highest BCUT2D eigenvalue weighted by molar-refractivity contribution is 5.93. The lowest BCUT2D eigenvalue weighted by Crippen LogP contribution is -1.86. The molecule has 0 radical (unpaired) electrons. The summed E-state index contributed by atoms with van der Waals surface area (Å²) in [6.45, 7) is 0. The number of fused-ring (bicyclic) bond motifs is 3. The van der Waals surface area contributed by atoms with Crippen molar-refractivity contribution in [1.82, 2.24) is 0 Å². The molecule has 0 aliphatic carbocycles. The van der Waals surface area contributed by atoms with E-state index in [0.29, 0.717) is 5.57 Å². The fourth-order valence-corrected chi connectivity index (χ4v) is 1.95. The van der Waals surface area contributed by atoms with Gasteiger partial charge in [-0.2, -0.15) is 5.26 Å². The Balaban J connectivity index is 2.27. The minimum Gasteiger partial charge on any atom is -0.463 e. The molecule has 0 N–H and O–H groups in total. The van der Waals surface area contributed by atoms with Gasteiger partial charge in [0.1, 0.15) is 18.1 Å².